The fraction of sp³-hybridized carbons (Fsp3) is 0.167. The standard InChI is InChI=1S/C24H19Cl2NO4/c25-20-10-5-11-21(26)18(20)12-22(23(28)29)27-24(30)31-13-19-16-8-3-1-6-14(16)15-7-2-4-9-17(15)19/h1-11,19,22H,12-13H2,(H,27,30)(H,28,29)/t22-/m1/s1. The number of amides is 1. The minimum absolute atomic E-state index is 0.0575. The minimum atomic E-state index is -1.23. The molecule has 0 aliphatic heterocycles. The predicted octanol–water partition coefficient (Wildman–Crippen LogP) is 5.53. The fourth-order valence-corrected chi connectivity index (χ4v) is 4.47. The number of hydrogen-bond acceptors (Lipinski definition) is 3. The number of rotatable bonds is 6. The second-order valence-electron chi connectivity index (χ2n) is 7.27. The van der Waals surface area contributed by atoms with Crippen LogP contribution in [0.1, 0.15) is 22.6 Å². The Labute approximate surface area is 189 Å². The van der Waals surface area contributed by atoms with E-state index >= 15 is 0 Å². The lowest BCUT2D eigenvalue weighted by Crippen LogP contribution is -2.43. The van der Waals surface area contributed by atoms with Gasteiger partial charge in [-0.15, -0.1) is 0 Å². The van der Waals surface area contributed by atoms with Gasteiger partial charge in [0.05, 0.1) is 0 Å². The van der Waals surface area contributed by atoms with Crippen LogP contribution in [0.25, 0.3) is 11.1 Å². The van der Waals surface area contributed by atoms with Gasteiger partial charge < -0.3 is 15.2 Å². The molecule has 158 valence electrons. The Balaban J connectivity index is 1.45. The van der Waals surface area contributed by atoms with Crippen LogP contribution in [0, 0.1) is 0 Å². The molecule has 2 N–H and O–H groups in total. The second-order valence-corrected chi connectivity index (χ2v) is 8.08. The van der Waals surface area contributed by atoms with Crippen LogP contribution in [0.15, 0.2) is 66.7 Å². The fourth-order valence-electron chi connectivity index (χ4n) is 3.91. The highest BCUT2D eigenvalue weighted by molar-refractivity contribution is 6.36. The van der Waals surface area contributed by atoms with Crippen LogP contribution < -0.4 is 5.32 Å². The largest absolute Gasteiger partial charge is 0.480 e. The zero-order valence-electron chi connectivity index (χ0n) is 16.3. The molecule has 1 atom stereocenters. The van der Waals surface area contributed by atoms with Gasteiger partial charge in [-0.05, 0) is 39.9 Å². The molecule has 0 heterocycles. The number of carboxylic acids is 1. The van der Waals surface area contributed by atoms with Gasteiger partial charge in [0, 0.05) is 22.4 Å². The molecule has 0 saturated carbocycles. The normalized spacial score (nSPS) is 13.2. The summed E-state index contributed by atoms with van der Waals surface area (Å²) in [5, 5.41) is 12.6. The first-order valence-electron chi connectivity index (χ1n) is 9.73. The number of nitrogens with one attached hydrogen (secondary N) is 1. The number of carbonyl (C=O) groups excluding carboxylic acids is 1. The average Bonchev–Trinajstić information content (AvgIpc) is 3.08. The van der Waals surface area contributed by atoms with Gasteiger partial charge in [-0.2, -0.15) is 0 Å². The molecular weight excluding hydrogens is 437 g/mol. The summed E-state index contributed by atoms with van der Waals surface area (Å²) in [6.45, 7) is 0.0963. The maximum absolute atomic E-state index is 12.4. The van der Waals surface area contributed by atoms with Crippen LogP contribution in [-0.4, -0.2) is 29.8 Å². The first-order chi connectivity index (χ1) is 15.0. The third kappa shape index (κ3) is 4.38. The molecule has 0 unspecified atom stereocenters. The summed E-state index contributed by atoms with van der Waals surface area (Å²) in [5.41, 5.74) is 4.84. The van der Waals surface area contributed by atoms with Gasteiger partial charge in [-0.25, -0.2) is 9.59 Å². The third-order valence-electron chi connectivity index (χ3n) is 5.40. The highest BCUT2D eigenvalue weighted by atomic mass is 35.5. The Kier molecular flexibility index (Phi) is 6.16. The molecule has 0 spiro atoms. The van der Waals surface area contributed by atoms with Gasteiger partial charge in [0.1, 0.15) is 12.6 Å². The molecular formula is C24H19Cl2NO4. The van der Waals surface area contributed by atoms with Gasteiger partial charge in [0.15, 0.2) is 0 Å². The Bertz CT molecular complexity index is 1080. The molecule has 1 aliphatic rings. The van der Waals surface area contributed by atoms with Crippen LogP contribution in [-0.2, 0) is 16.0 Å². The molecule has 5 nitrogen and oxygen atoms in total. The quantitative estimate of drug-likeness (QED) is 0.512. The van der Waals surface area contributed by atoms with E-state index in [1.807, 2.05) is 48.5 Å². The lowest BCUT2D eigenvalue weighted by atomic mass is 9.98. The van der Waals surface area contributed by atoms with Gasteiger partial charge in [-0.3, -0.25) is 0 Å². The van der Waals surface area contributed by atoms with Crippen molar-refractivity contribution in [1.29, 1.82) is 0 Å². The first-order valence-corrected chi connectivity index (χ1v) is 10.5. The summed E-state index contributed by atoms with van der Waals surface area (Å²) < 4.78 is 5.44. The summed E-state index contributed by atoms with van der Waals surface area (Å²) in [6, 6.07) is 19.6. The van der Waals surface area contributed by atoms with E-state index < -0.39 is 18.1 Å². The number of halogens is 2. The lowest BCUT2D eigenvalue weighted by Gasteiger charge is -2.18. The van der Waals surface area contributed by atoms with Gasteiger partial charge in [0.25, 0.3) is 0 Å². The number of carboxylic acid groups (broad SMARTS) is 1. The second kappa shape index (κ2) is 9.00. The summed E-state index contributed by atoms with van der Waals surface area (Å²) in [5.74, 6) is -1.32. The number of aliphatic carboxylic acids is 1. The van der Waals surface area contributed by atoms with Crippen molar-refractivity contribution in [2.75, 3.05) is 6.61 Å². The summed E-state index contributed by atoms with van der Waals surface area (Å²) in [4.78, 5) is 24.1. The van der Waals surface area contributed by atoms with E-state index in [0.717, 1.165) is 22.3 Å². The Morgan fingerprint density at radius 1 is 0.903 bits per heavy atom. The van der Waals surface area contributed by atoms with Crippen molar-refractivity contribution < 1.29 is 19.4 Å². The SMILES string of the molecule is O=C(N[C@H](Cc1c(Cl)cccc1Cl)C(=O)O)OCC1c2ccccc2-c2ccccc21. The third-order valence-corrected chi connectivity index (χ3v) is 6.11. The zero-order chi connectivity index (χ0) is 22.0. The molecule has 4 rings (SSSR count). The van der Waals surface area contributed by atoms with Gasteiger partial charge in [0.2, 0.25) is 0 Å². The molecule has 7 heteroatoms. The molecule has 0 aromatic heterocycles. The Hall–Kier alpha value is -3.02. The topological polar surface area (TPSA) is 75.6 Å². The number of hydrogen-bond donors (Lipinski definition) is 2. The number of carbonyl (C=O) groups is 2. The predicted molar refractivity (Wildman–Crippen MR) is 120 cm³/mol. The van der Waals surface area contributed by atoms with Crippen molar-refractivity contribution in [3.63, 3.8) is 0 Å². The number of ether oxygens (including phenoxy) is 1. The molecule has 31 heavy (non-hydrogen) atoms. The molecule has 0 fully saturated rings. The number of benzene rings is 3. The Morgan fingerprint density at radius 3 is 2.00 bits per heavy atom. The lowest BCUT2D eigenvalue weighted by molar-refractivity contribution is -0.139. The summed E-state index contributed by atoms with van der Waals surface area (Å²) >= 11 is 12.3. The summed E-state index contributed by atoms with van der Waals surface area (Å²) in [6.07, 6.45) is -0.865. The van der Waals surface area contributed by atoms with Crippen molar-refractivity contribution in [1.82, 2.24) is 5.32 Å². The number of alkyl carbamates (subject to hydrolysis) is 1. The molecule has 3 aromatic carbocycles. The van der Waals surface area contributed by atoms with Crippen molar-refractivity contribution in [3.05, 3.63) is 93.5 Å². The number of fused-ring (bicyclic) bond motifs is 3. The van der Waals surface area contributed by atoms with E-state index in [1.54, 1.807) is 18.2 Å². The molecule has 0 radical (unpaired) electrons. The average molecular weight is 456 g/mol. The molecule has 0 saturated heterocycles. The van der Waals surface area contributed by atoms with Gasteiger partial charge >= 0.3 is 12.1 Å². The van der Waals surface area contributed by atoms with Crippen LogP contribution >= 0.6 is 23.2 Å². The molecule has 1 aliphatic carbocycles. The monoisotopic (exact) mass is 455 g/mol. The van der Waals surface area contributed by atoms with E-state index in [-0.39, 0.29) is 18.9 Å². The molecule has 1 amide bonds. The molecule has 3 aromatic rings. The van der Waals surface area contributed by atoms with Crippen molar-refractivity contribution in [2.45, 2.75) is 18.4 Å². The highest BCUT2D eigenvalue weighted by Gasteiger charge is 2.30. The van der Waals surface area contributed by atoms with E-state index in [0.29, 0.717) is 15.6 Å². The zero-order valence-corrected chi connectivity index (χ0v) is 17.9. The maximum atomic E-state index is 12.4. The van der Waals surface area contributed by atoms with E-state index in [2.05, 4.69) is 5.32 Å². The van der Waals surface area contributed by atoms with E-state index in [9.17, 15) is 14.7 Å². The van der Waals surface area contributed by atoms with Gasteiger partial charge in [-0.1, -0.05) is 77.8 Å². The van der Waals surface area contributed by atoms with E-state index in [1.165, 1.54) is 0 Å². The minimum Gasteiger partial charge on any atom is -0.480 e. The van der Waals surface area contributed by atoms with Crippen LogP contribution in [0.5, 0.6) is 0 Å². The first kappa shape index (κ1) is 21.2. The van der Waals surface area contributed by atoms with E-state index in [4.69, 9.17) is 27.9 Å². The van der Waals surface area contributed by atoms with Crippen LogP contribution in [0.4, 0.5) is 4.79 Å². The Morgan fingerprint density at radius 2 is 1.45 bits per heavy atom. The van der Waals surface area contributed by atoms with Crippen molar-refractivity contribution >= 4 is 35.3 Å². The van der Waals surface area contributed by atoms with Crippen LogP contribution in [0.3, 0.4) is 0 Å². The highest BCUT2D eigenvalue weighted by Crippen LogP contribution is 2.44. The smallest absolute Gasteiger partial charge is 0.407 e. The van der Waals surface area contributed by atoms with Crippen LogP contribution in [0.2, 0.25) is 10.0 Å². The van der Waals surface area contributed by atoms with Crippen molar-refractivity contribution in [2.24, 2.45) is 0 Å². The maximum Gasteiger partial charge on any atom is 0.407 e. The van der Waals surface area contributed by atoms with Crippen molar-refractivity contribution in [3.8, 4) is 11.1 Å². The summed E-state index contributed by atoms with van der Waals surface area (Å²) in [7, 11) is 0. The molecule has 0 bridgehead atoms.